The predicted octanol–water partition coefficient (Wildman–Crippen LogP) is 1.65. The second-order valence-corrected chi connectivity index (χ2v) is 6.09. The molecule has 1 aromatic rings. The first-order chi connectivity index (χ1) is 11.3. The normalized spacial score (nSPS) is 18.9. The highest BCUT2D eigenvalue weighted by Gasteiger charge is 2.44. The van der Waals surface area contributed by atoms with E-state index in [2.05, 4.69) is 5.32 Å². The van der Waals surface area contributed by atoms with Crippen molar-refractivity contribution >= 4 is 35.1 Å². The molecule has 0 radical (unpaired) electrons. The second-order valence-electron chi connectivity index (χ2n) is 5.65. The molecule has 0 bridgehead atoms. The first kappa shape index (κ1) is 18.2. The Morgan fingerprint density at radius 3 is 2.54 bits per heavy atom. The van der Waals surface area contributed by atoms with Gasteiger partial charge in [0, 0.05) is 23.9 Å². The fourth-order valence-electron chi connectivity index (χ4n) is 2.56. The third kappa shape index (κ3) is 3.85. The average molecular weight is 354 g/mol. The summed E-state index contributed by atoms with van der Waals surface area (Å²) in [5.74, 6) is -0.823. The minimum absolute atomic E-state index is 0.208. The van der Waals surface area contributed by atoms with Gasteiger partial charge in [0.1, 0.15) is 12.6 Å². The number of ether oxygens (including phenoxy) is 1. The Bertz CT molecular complexity index is 635. The fraction of sp³-hybridized carbons (Fsp3) is 0.438. The third-order valence-electron chi connectivity index (χ3n) is 3.68. The lowest BCUT2D eigenvalue weighted by molar-refractivity contribution is -0.132. The smallest absolute Gasteiger partial charge is 0.332 e. The summed E-state index contributed by atoms with van der Waals surface area (Å²) < 4.78 is 4.94. The molecule has 0 spiro atoms. The highest BCUT2D eigenvalue weighted by atomic mass is 35.5. The molecule has 0 aromatic heterocycles. The molecule has 1 saturated heterocycles. The minimum Gasteiger partial charge on any atom is -0.383 e. The van der Waals surface area contributed by atoms with Gasteiger partial charge < -0.3 is 10.1 Å². The lowest BCUT2D eigenvalue weighted by Gasteiger charge is -2.19. The van der Waals surface area contributed by atoms with Crippen molar-refractivity contribution in [2.75, 3.05) is 25.2 Å². The van der Waals surface area contributed by atoms with Crippen molar-refractivity contribution in [1.29, 1.82) is 0 Å². The molecule has 0 aliphatic carbocycles. The Hall–Kier alpha value is -2.12. The van der Waals surface area contributed by atoms with Gasteiger partial charge in [-0.3, -0.25) is 19.4 Å². The first-order valence-electron chi connectivity index (χ1n) is 7.53. The highest BCUT2D eigenvalue weighted by molar-refractivity contribution is 6.30. The molecule has 0 saturated carbocycles. The molecule has 1 N–H and O–H groups in total. The minimum atomic E-state index is -0.678. The Morgan fingerprint density at radius 1 is 1.33 bits per heavy atom. The monoisotopic (exact) mass is 353 g/mol. The van der Waals surface area contributed by atoms with Crippen molar-refractivity contribution in [2.24, 2.45) is 0 Å². The maximum absolute atomic E-state index is 12.6. The molecule has 2 atom stereocenters. The van der Waals surface area contributed by atoms with Crippen LogP contribution in [0.1, 0.15) is 13.8 Å². The molecule has 2 rings (SSSR count). The topological polar surface area (TPSA) is 79.0 Å². The van der Waals surface area contributed by atoms with Crippen LogP contribution >= 0.6 is 11.6 Å². The average Bonchev–Trinajstić information content (AvgIpc) is 2.72. The summed E-state index contributed by atoms with van der Waals surface area (Å²) in [5, 5.41) is 3.21. The van der Waals surface area contributed by atoms with E-state index >= 15 is 0 Å². The molecule has 1 aromatic carbocycles. The molecule has 130 valence electrons. The molecule has 0 unspecified atom stereocenters. The van der Waals surface area contributed by atoms with Gasteiger partial charge in [-0.15, -0.1) is 0 Å². The SMILES string of the molecule is COC[C@H](C)NC(=O)CN1C(=O)[C@H](C)N(c2ccc(Cl)cc2)C1=O. The molecule has 1 aliphatic rings. The van der Waals surface area contributed by atoms with Crippen LogP contribution in [0.5, 0.6) is 0 Å². The van der Waals surface area contributed by atoms with Gasteiger partial charge in [0.2, 0.25) is 5.91 Å². The van der Waals surface area contributed by atoms with E-state index in [-0.39, 0.29) is 12.6 Å². The van der Waals surface area contributed by atoms with Gasteiger partial charge in [0.25, 0.3) is 5.91 Å². The molecule has 4 amide bonds. The highest BCUT2D eigenvalue weighted by Crippen LogP contribution is 2.26. The van der Waals surface area contributed by atoms with Crippen LogP contribution in [0.2, 0.25) is 5.02 Å². The van der Waals surface area contributed by atoms with Gasteiger partial charge in [0.15, 0.2) is 0 Å². The van der Waals surface area contributed by atoms with Crippen molar-refractivity contribution in [3.05, 3.63) is 29.3 Å². The maximum atomic E-state index is 12.6. The van der Waals surface area contributed by atoms with Crippen molar-refractivity contribution in [2.45, 2.75) is 25.9 Å². The Morgan fingerprint density at radius 2 is 1.96 bits per heavy atom. The number of carbonyl (C=O) groups is 3. The molecule has 8 heteroatoms. The summed E-state index contributed by atoms with van der Waals surface area (Å²) in [6.07, 6.45) is 0. The quantitative estimate of drug-likeness (QED) is 0.789. The van der Waals surface area contributed by atoms with E-state index < -0.39 is 23.9 Å². The summed E-state index contributed by atoms with van der Waals surface area (Å²) in [7, 11) is 1.53. The summed E-state index contributed by atoms with van der Waals surface area (Å²) >= 11 is 5.85. The summed E-state index contributed by atoms with van der Waals surface area (Å²) in [4.78, 5) is 39.2. The zero-order valence-electron chi connectivity index (χ0n) is 13.8. The molecule has 1 heterocycles. The van der Waals surface area contributed by atoms with E-state index in [1.54, 1.807) is 38.1 Å². The summed E-state index contributed by atoms with van der Waals surface area (Å²) in [6, 6.07) is 5.20. The maximum Gasteiger partial charge on any atom is 0.332 e. The number of hydrogen-bond acceptors (Lipinski definition) is 4. The van der Waals surface area contributed by atoms with E-state index in [4.69, 9.17) is 16.3 Å². The van der Waals surface area contributed by atoms with E-state index in [0.717, 1.165) is 4.90 Å². The number of urea groups is 1. The van der Waals surface area contributed by atoms with Gasteiger partial charge in [-0.05, 0) is 38.1 Å². The molecule has 24 heavy (non-hydrogen) atoms. The fourth-order valence-corrected chi connectivity index (χ4v) is 2.69. The van der Waals surface area contributed by atoms with Gasteiger partial charge in [-0.2, -0.15) is 0 Å². The number of nitrogens with one attached hydrogen (secondary N) is 1. The van der Waals surface area contributed by atoms with Crippen LogP contribution in [0.3, 0.4) is 0 Å². The zero-order chi connectivity index (χ0) is 17.9. The van der Waals surface area contributed by atoms with Crippen LogP contribution in [0.15, 0.2) is 24.3 Å². The van der Waals surface area contributed by atoms with Crippen LogP contribution in [0, 0.1) is 0 Å². The Balaban J connectivity index is 2.09. The van der Waals surface area contributed by atoms with E-state index in [1.165, 1.54) is 12.0 Å². The molecular formula is C16H20ClN3O4. The van der Waals surface area contributed by atoms with Crippen LogP contribution in [0.25, 0.3) is 0 Å². The van der Waals surface area contributed by atoms with Crippen molar-refractivity contribution in [3.63, 3.8) is 0 Å². The van der Waals surface area contributed by atoms with Crippen molar-refractivity contribution < 1.29 is 19.1 Å². The van der Waals surface area contributed by atoms with E-state index in [9.17, 15) is 14.4 Å². The number of methoxy groups -OCH3 is 1. The zero-order valence-corrected chi connectivity index (χ0v) is 14.5. The molecule has 1 aliphatic heterocycles. The second kappa shape index (κ2) is 7.63. The van der Waals surface area contributed by atoms with Crippen molar-refractivity contribution in [1.82, 2.24) is 10.2 Å². The molecule has 1 fully saturated rings. The summed E-state index contributed by atoms with van der Waals surface area (Å²) in [6.45, 7) is 3.43. The number of benzene rings is 1. The van der Waals surface area contributed by atoms with Crippen molar-refractivity contribution in [3.8, 4) is 0 Å². The number of amides is 4. The molecular weight excluding hydrogens is 334 g/mol. The first-order valence-corrected chi connectivity index (χ1v) is 7.91. The number of imide groups is 1. The molecule has 7 nitrogen and oxygen atoms in total. The van der Waals surface area contributed by atoms with E-state index in [0.29, 0.717) is 17.3 Å². The van der Waals surface area contributed by atoms with Crippen LogP contribution in [-0.2, 0) is 14.3 Å². The Labute approximate surface area is 145 Å². The standard InChI is InChI=1S/C16H20ClN3O4/c1-10(9-24-3)18-14(21)8-19-15(22)11(2)20(16(19)23)13-6-4-12(17)5-7-13/h4-7,10-11H,8-9H2,1-3H3,(H,18,21)/t10-,11-/m0/s1. The van der Waals surface area contributed by atoms with Crippen LogP contribution in [-0.4, -0.2) is 55.1 Å². The Kier molecular flexibility index (Phi) is 5.80. The lowest BCUT2D eigenvalue weighted by Crippen LogP contribution is -2.45. The van der Waals surface area contributed by atoms with Gasteiger partial charge in [-0.1, -0.05) is 11.6 Å². The number of hydrogen-bond donors (Lipinski definition) is 1. The number of halogens is 1. The lowest BCUT2D eigenvalue weighted by atomic mass is 10.2. The van der Waals surface area contributed by atoms with Crippen LogP contribution in [0.4, 0.5) is 10.5 Å². The van der Waals surface area contributed by atoms with Crippen LogP contribution < -0.4 is 10.2 Å². The van der Waals surface area contributed by atoms with Gasteiger partial charge in [0.05, 0.1) is 6.61 Å². The van der Waals surface area contributed by atoms with Gasteiger partial charge >= 0.3 is 6.03 Å². The largest absolute Gasteiger partial charge is 0.383 e. The van der Waals surface area contributed by atoms with E-state index in [1.807, 2.05) is 0 Å². The number of carbonyl (C=O) groups excluding carboxylic acids is 3. The predicted molar refractivity (Wildman–Crippen MR) is 90.0 cm³/mol. The number of rotatable bonds is 6. The third-order valence-corrected chi connectivity index (χ3v) is 3.93. The van der Waals surface area contributed by atoms with Gasteiger partial charge in [-0.25, -0.2) is 4.79 Å². The number of anilines is 1. The summed E-state index contributed by atoms with van der Waals surface area (Å²) in [5.41, 5.74) is 0.556. The number of nitrogens with zero attached hydrogens (tertiary/aromatic N) is 2.